The van der Waals surface area contributed by atoms with E-state index in [1.54, 1.807) is 6.07 Å². The van der Waals surface area contributed by atoms with E-state index < -0.39 is 4.92 Å². The zero-order chi connectivity index (χ0) is 14.4. The topological polar surface area (TPSA) is 119 Å². The van der Waals surface area contributed by atoms with E-state index in [-0.39, 0.29) is 5.69 Å². The predicted molar refractivity (Wildman–Crippen MR) is 70.4 cm³/mol. The average molecular weight is 278 g/mol. The molecular formula is C11H14N6O3. The van der Waals surface area contributed by atoms with Gasteiger partial charge < -0.3 is 10.1 Å². The molecule has 0 unspecified atom stereocenters. The fourth-order valence-corrected chi connectivity index (χ4v) is 1.53. The molecule has 2 N–H and O–H groups in total. The normalized spacial score (nSPS) is 10.2. The fourth-order valence-electron chi connectivity index (χ4n) is 1.53. The predicted octanol–water partition coefficient (Wildman–Crippen LogP) is 1.51. The molecule has 0 aliphatic rings. The number of nitrogens with one attached hydrogen (secondary N) is 2. The number of hydrogen-bond acceptors (Lipinski definition) is 7. The number of benzene rings is 1. The lowest BCUT2D eigenvalue weighted by Crippen LogP contribution is -2.03. The Kier molecular flexibility index (Phi) is 4.43. The standard InChI is InChI=1S/C11H14N6O3/c1-2-3-20-10-5-8(4-9(6-10)17(18)19)12-7-11-13-15-16-14-11/h4-6,12H,2-3,7H2,1H3,(H,13,14,15,16). The number of H-pyrrole nitrogens is 1. The summed E-state index contributed by atoms with van der Waals surface area (Å²) in [6, 6.07) is 4.52. The molecule has 0 spiro atoms. The van der Waals surface area contributed by atoms with Crippen molar-refractivity contribution in [3.05, 3.63) is 34.1 Å². The zero-order valence-electron chi connectivity index (χ0n) is 10.9. The van der Waals surface area contributed by atoms with Gasteiger partial charge in [-0.15, -0.1) is 10.2 Å². The van der Waals surface area contributed by atoms with Crippen molar-refractivity contribution in [2.75, 3.05) is 11.9 Å². The lowest BCUT2D eigenvalue weighted by atomic mass is 10.2. The summed E-state index contributed by atoms with van der Waals surface area (Å²) in [5.74, 6) is 0.921. The first-order valence-corrected chi connectivity index (χ1v) is 6.07. The van der Waals surface area contributed by atoms with Gasteiger partial charge in [-0.25, -0.2) is 0 Å². The van der Waals surface area contributed by atoms with Crippen LogP contribution < -0.4 is 10.1 Å². The Morgan fingerprint density at radius 2 is 2.30 bits per heavy atom. The maximum Gasteiger partial charge on any atom is 0.275 e. The summed E-state index contributed by atoms with van der Waals surface area (Å²) in [4.78, 5) is 10.4. The van der Waals surface area contributed by atoms with E-state index in [0.29, 0.717) is 30.4 Å². The third-order valence-corrected chi connectivity index (χ3v) is 2.41. The second kappa shape index (κ2) is 6.45. The van der Waals surface area contributed by atoms with Crippen molar-refractivity contribution in [3.63, 3.8) is 0 Å². The zero-order valence-corrected chi connectivity index (χ0v) is 10.9. The second-order valence-corrected chi connectivity index (χ2v) is 4.00. The summed E-state index contributed by atoms with van der Waals surface area (Å²) < 4.78 is 5.43. The summed E-state index contributed by atoms with van der Waals surface area (Å²) in [5.41, 5.74) is 0.532. The minimum Gasteiger partial charge on any atom is -0.493 e. The molecule has 1 aromatic heterocycles. The van der Waals surface area contributed by atoms with Crippen LogP contribution in [0.3, 0.4) is 0 Å². The number of ether oxygens (including phenoxy) is 1. The largest absolute Gasteiger partial charge is 0.493 e. The molecule has 1 aromatic carbocycles. The summed E-state index contributed by atoms with van der Waals surface area (Å²) >= 11 is 0. The second-order valence-electron chi connectivity index (χ2n) is 4.00. The van der Waals surface area contributed by atoms with Crippen LogP contribution in [0, 0.1) is 10.1 Å². The molecule has 1 heterocycles. The number of hydrogen-bond donors (Lipinski definition) is 2. The average Bonchev–Trinajstić information content (AvgIpc) is 2.96. The number of rotatable bonds is 7. The number of anilines is 1. The molecule has 0 atom stereocenters. The molecular weight excluding hydrogens is 264 g/mol. The summed E-state index contributed by atoms with van der Waals surface area (Å²) in [6.45, 7) is 2.78. The first-order chi connectivity index (χ1) is 9.69. The van der Waals surface area contributed by atoms with Crippen LogP contribution in [0.2, 0.25) is 0 Å². The molecule has 9 nitrogen and oxygen atoms in total. The Labute approximate surface area is 114 Å². The monoisotopic (exact) mass is 278 g/mol. The van der Waals surface area contributed by atoms with Crippen LogP contribution in [-0.2, 0) is 6.54 Å². The molecule has 0 saturated carbocycles. The summed E-state index contributed by atoms with van der Waals surface area (Å²) in [5, 5.41) is 27.2. The molecule has 106 valence electrons. The minimum absolute atomic E-state index is 0.0331. The van der Waals surface area contributed by atoms with Gasteiger partial charge in [-0.3, -0.25) is 10.1 Å². The van der Waals surface area contributed by atoms with E-state index in [9.17, 15) is 10.1 Å². The Hall–Kier alpha value is -2.71. The van der Waals surface area contributed by atoms with Crippen LogP contribution in [0.4, 0.5) is 11.4 Å². The highest BCUT2D eigenvalue weighted by atomic mass is 16.6. The quantitative estimate of drug-likeness (QED) is 0.581. The molecule has 0 aliphatic carbocycles. The number of nitro benzene ring substituents is 1. The van der Waals surface area contributed by atoms with Crippen molar-refractivity contribution >= 4 is 11.4 Å². The van der Waals surface area contributed by atoms with E-state index in [2.05, 4.69) is 25.9 Å². The number of nitrogens with zero attached hydrogens (tertiary/aromatic N) is 4. The van der Waals surface area contributed by atoms with Crippen LogP contribution in [-0.4, -0.2) is 32.2 Å². The van der Waals surface area contributed by atoms with Gasteiger partial charge in [0.25, 0.3) is 5.69 Å². The van der Waals surface area contributed by atoms with E-state index in [0.717, 1.165) is 6.42 Å². The Balaban J connectivity index is 2.13. The highest BCUT2D eigenvalue weighted by Gasteiger charge is 2.11. The molecule has 0 fully saturated rings. The highest BCUT2D eigenvalue weighted by molar-refractivity contribution is 5.56. The minimum atomic E-state index is -0.460. The number of aromatic nitrogens is 4. The Morgan fingerprint density at radius 1 is 1.45 bits per heavy atom. The summed E-state index contributed by atoms with van der Waals surface area (Å²) in [6.07, 6.45) is 0.828. The number of aromatic amines is 1. The first-order valence-electron chi connectivity index (χ1n) is 6.07. The maximum absolute atomic E-state index is 10.9. The highest BCUT2D eigenvalue weighted by Crippen LogP contribution is 2.26. The SMILES string of the molecule is CCCOc1cc(NCc2nn[nH]n2)cc([N+](=O)[O-])c1. The van der Waals surface area contributed by atoms with E-state index in [1.807, 2.05) is 6.92 Å². The maximum atomic E-state index is 10.9. The van der Waals surface area contributed by atoms with Crippen LogP contribution >= 0.6 is 0 Å². The molecule has 0 amide bonds. The Morgan fingerprint density at radius 3 is 2.95 bits per heavy atom. The summed E-state index contributed by atoms with van der Waals surface area (Å²) in [7, 11) is 0. The number of tetrazole rings is 1. The van der Waals surface area contributed by atoms with Crippen LogP contribution in [0.1, 0.15) is 19.2 Å². The van der Waals surface area contributed by atoms with Crippen molar-refractivity contribution in [1.29, 1.82) is 0 Å². The van der Waals surface area contributed by atoms with Gasteiger partial charge in [0, 0.05) is 17.8 Å². The van der Waals surface area contributed by atoms with Crippen LogP contribution in [0.5, 0.6) is 5.75 Å². The first kappa shape index (κ1) is 13.7. The van der Waals surface area contributed by atoms with Crippen LogP contribution in [0.15, 0.2) is 18.2 Å². The van der Waals surface area contributed by atoms with Gasteiger partial charge in [-0.05, 0) is 6.42 Å². The smallest absolute Gasteiger partial charge is 0.275 e. The van der Waals surface area contributed by atoms with Gasteiger partial charge in [0.1, 0.15) is 5.75 Å². The Bertz CT molecular complexity index is 572. The van der Waals surface area contributed by atoms with Crippen LogP contribution in [0.25, 0.3) is 0 Å². The van der Waals surface area contributed by atoms with Gasteiger partial charge >= 0.3 is 0 Å². The van der Waals surface area contributed by atoms with Crippen molar-refractivity contribution in [2.24, 2.45) is 0 Å². The number of non-ortho nitro benzene ring substituents is 1. The lowest BCUT2D eigenvalue weighted by molar-refractivity contribution is -0.384. The lowest BCUT2D eigenvalue weighted by Gasteiger charge is -2.08. The van der Waals surface area contributed by atoms with E-state index >= 15 is 0 Å². The number of nitro groups is 1. The molecule has 0 bridgehead atoms. The molecule has 2 rings (SSSR count). The molecule has 2 aromatic rings. The molecule has 0 radical (unpaired) electrons. The molecule has 0 aliphatic heterocycles. The van der Waals surface area contributed by atoms with Gasteiger partial charge in [-0.1, -0.05) is 12.1 Å². The molecule has 0 saturated heterocycles. The van der Waals surface area contributed by atoms with Gasteiger partial charge in [0.2, 0.25) is 0 Å². The van der Waals surface area contributed by atoms with Crippen molar-refractivity contribution < 1.29 is 9.66 Å². The van der Waals surface area contributed by atoms with E-state index in [4.69, 9.17) is 4.74 Å². The molecule has 9 heteroatoms. The molecule has 20 heavy (non-hydrogen) atoms. The van der Waals surface area contributed by atoms with Gasteiger partial charge in [0.15, 0.2) is 5.82 Å². The van der Waals surface area contributed by atoms with Crippen molar-refractivity contribution in [2.45, 2.75) is 19.9 Å². The van der Waals surface area contributed by atoms with Gasteiger partial charge in [0.05, 0.1) is 24.1 Å². The van der Waals surface area contributed by atoms with Gasteiger partial charge in [-0.2, -0.15) is 5.21 Å². The van der Waals surface area contributed by atoms with Crippen molar-refractivity contribution in [3.8, 4) is 5.75 Å². The van der Waals surface area contributed by atoms with E-state index in [1.165, 1.54) is 12.1 Å². The van der Waals surface area contributed by atoms with Crippen molar-refractivity contribution in [1.82, 2.24) is 20.6 Å². The third kappa shape index (κ3) is 3.64. The third-order valence-electron chi connectivity index (χ3n) is 2.41. The fraction of sp³-hybridized carbons (Fsp3) is 0.364.